The Bertz CT molecular complexity index is 1340. The van der Waals surface area contributed by atoms with Gasteiger partial charge in [-0.25, -0.2) is 5.01 Å². The zero-order chi connectivity index (χ0) is 25.1. The lowest BCUT2D eigenvalue weighted by atomic mass is 9.98. The first-order valence-corrected chi connectivity index (χ1v) is 12.6. The van der Waals surface area contributed by atoms with Crippen molar-refractivity contribution in [2.24, 2.45) is 10.1 Å². The number of thioether (sulfide) groups is 1. The first kappa shape index (κ1) is 23.8. The highest BCUT2D eigenvalue weighted by molar-refractivity contribution is 8.15. The number of amides is 2. The average Bonchev–Trinajstić information content (AvgIpc) is 3.49. The molecule has 3 aromatic rings. The summed E-state index contributed by atoms with van der Waals surface area (Å²) in [5, 5.41) is 9.48. The smallest absolute Gasteiger partial charge is 0.262 e. The van der Waals surface area contributed by atoms with Crippen molar-refractivity contribution >= 4 is 40.1 Å². The molecule has 2 aliphatic heterocycles. The molecule has 2 atom stereocenters. The van der Waals surface area contributed by atoms with Crippen LogP contribution in [0.3, 0.4) is 0 Å². The highest BCUT2D eigenvalue weighted by atomic mass is 32.2. The Labute approximate surface area is 214 Å². The molecule has 7 nitrogen and oxygen atoms in total. The van der Waals surface area contributed by atoms with Gasteiger partial charge in [0.05, 0.1) is 24.6 Å². The van der Waals surface area contributed by atoms with Crippen LogP contribution >= 0.6 is 11.8 Å². The van der Waals surface area contributed by atoms with Crippen molar-refractivity contribution in [1.29, 1.82) is 0 Å². The van der Waals surface area contributed by atoms with Crippen LogP contribution in [-0.4, -0.2) is 40.1 Å². The fourth-order valence-corrected chi connectivity index (χ4v) is 5.32. The summed E-state index contributed by atoms with van der Waals surface area (Å²) in [5.41, 5.74) is 4.83. The van der Waals surface area contributed by atoms with Gasteiger partial charge in [0.25, 0.3) is 5.91 Å². The van der Waals surface area contributed by atoms with E-state index in [0.717, 1.165) is 16.8 Å². The zero-order valence-electron chi connectivity index (χ0n) is 20.0. The molecule has 182 valence electrons. The highest BCUT2D eigenvalue weighted by Gasteiger charge is 2.39. The molecule has 2 amide bonds. The van der Waals surface area contributed by atoms with E-state index in [9.17, 15) is 9.59 Å². The number of rotatable bonds is 6. The summed E-state index contributed by atoms with van der Waals surface area (Å²) in [6.07, 6.45) is 0.701. The summed E-state index contributed by atoms with van der Waals surface area (Å²) in [6.45, 7) is 2.05. The van der Waals surface area contributed by atoms with Gasteiger partial charge in [-0.3, -0.25) is 9.59 Å². The maximum absolute atomic E-state index is 12.8. The lowest BCUT2D eigenvalue weighted by Gasteiger charge is -2.23. The van der Waals surface area contributed by atoms with E-state index in [1.165, 1.54) is 17.3 Å². The van der Waals surface area contributed by atoms with Gasteiger partial charge >= 0.3 is 0 Å². The van der Waals surface area contributed by atoms with Gasteiger partial charge < -0.3 is 10.1 Å². The molecule has 1 N–H and O–H groups in total. The molecule has 0 saturated heterocycles. The second-order valence-corrected chi connectivity index (χ2v) is 9.85. The predicted molar refractivity (Wildman–Crippen MR) is 143 cm³/mol. The van der Waals surface area contributed by atoms with Crippen LogP contribution in [0, 0.1) is 6.92 Å². The summed E-state index contributed by atoms with van der Waals surface area (Å²) >= 11 is 1.29. The van der Waals surface area contributed by atoms with E-state index in [4.69, 9.17) is 9.84 Å². The molecule has 0 spiro atoms. The van der Waals surface area contributed by atoms with Crippen LogP contribution in [0.2, 0.25) is 0 Å². The number of amidine groups is 1. The number of benzene rings is 3. The van der Waals surface area contributed by atoms with E-state index in [0.29, 0.717) is 23.0 Å². The number of hydrogen-bond donors (Lipinski definition) is 1. The first-order chi connectivity index (χ1) is 17.5. The molecular formula is C28H26N4O3S. The van der Waals surface area contributed by atoms with Crippen LogP contribution < -0.4 is 10.1 Å². The third kappa shape index (κ3) is 5.04. The summed E-state index contributed by atoms with van der Waals surface area (Å²) in [6, 6.07) is 25.5. The molecule has 2 aliphatic rings. The van der Waals surface area contributed by atoms with Crippen LogP contribution in [-0.2, 0) is 9.59 Å². The second kappa shape index (κ2) is 10.4. The van der Waals surface area contributed by atoms with Crippen molar-refractivity contribution in [3.8, 4) is 5.75 Å². The molecule has 0 fully saturated rings. The summed E-state index contributed by atoms with van der Waals surface area (Å²) in [4.78, 5) is 29.9. The number of carbonyl (C=O) groups excluding carboxylic acids is 2. The van der Waals surface area contributed by atoms with E-state index < -0.39 is 5.25 Å². The fourth-order valence-electron chi connectivity index (χ4n) is 4.26. The molecule has 0 saturated carbocycles. The summed E-state index contributed by atoms with van der Waals surface area (Å²) in [5.74, 6) is -0.0306. The first-order valence-electron chi connectivity index (χ1n) is 11.7. The normalized spacial score (nSPS) is 19.2. The minimum Gasteiger partial charge on any atom is -0.495 e. The van der Waals surface area contributed by atoms with Gasteiger partial charge in [0.1, 0.15) is 11.0 Å². The number of nitrogens with zero attached hydrogens (tertiary/aromatic N) is 3. The van der Waals surface area contributed by atoms with Gasteiger partial charge in [-0.15, -0.1) is 0 Å². The fraction of sp³-hybridized carbons (Fsp3) is 0.214. The van der Waals surface area contributed by atoms with Crippen molar-refractivity contribution < 1.29 is 14.3 Å². The van der Waals surface area contributed by atoms with Crippen molar-refractivity contribution in [3.63, 3.8) is 0 Å². The lowest BCUT2D eigenvalue weighted by molar-refractivity contribution is -0.121. The Hall–Kier alpha value is -3.91. The SMILES string of the molecule is COc1ccccc1NC(=O)C[C@H]1SC(N2N=C(c3ccccc3)C[C@H]2c2ccc(C)cc2)=NC1=O. The van der Waals surface area contributed by atoms with Crippen LogP contribution in [0.5, 0.6) is 5.75 Å². The summed E-state index contributed by atoms with van der Waals surface area (Å²) < 4.78 is 5.30. The maximum Gasteiger partial charge on any atom is 0.262 e. The van der Waals surface area contributed by atoms with Gasteiger partial charge in [0, 0.05) is 12.8 Å². The standard InChI is InChI=1S/C28H26N4O3S/c1-18-12-14-20(15-13-18)23-16-22(19-8-4-3-5-9-19)31-32(23)28-30-27(34)25(36-28)17-26(33)29-21-10-6-7-11-24(21)35-2/h3-15,23,25H,16-17H2,1-2H3,(H,29,33)/t23-,25+/m0/s1. The molecule has 0 bridgehead atoms. The summed E-state index contributed by atoms with van der Waals surface area (Å²) in [7, 11) is 1.55. The molecule has 0 radical (unpaired) electrons. The topological polar surface area (TPSA) is 83.4 Å². The number of ether oxygens (including phenoxy) is 1. The van der Waals surface area contributed by atoms with E-state index in [1.54, 1.807) is 19.2 Å². The number of anilines is 1. The molecule has 8 heteroatoms. The van der Waals surface area contributed by atoms with Gasteiger partial charge in [-0.1, -0.05) is 84.1 Å². The van der Waals surface area contributed by atoms with Crippen molar-refractivity contribution in [2.75, 3.05) is 12.4 Å². The van der Waals surface area contributed by atoms with Crippen molar-refractivity contribution in [3.05, 3.63) is 95.6 Å². The minimum atomic E-state index is -0.607. The quantitative estimate of drug-likeness (QED) is 0.506. The Kier molecular flexibility index (Phi) is 6.86. The Morgan fingerprint density at radius 1 is 1.06 bits per heavy atom. The third-order valence-electron chi connectivity index (χ3n) is 6.16. The number of carbonyl (C=O) groups is 2. The Morgan fingerprint density at radius 3 is 2.53 bits per heavy atom. The zero-order valence-corrected chi connectivity index (χ0v) is 20.9. The average molecular weight is 499 g/mol. The Morgan fingerprint density at radius 2 is 1.78 bits per heavy atom. The van der Waals surface area contributed by atoms with E-state index in [1.807, 2.05) is 47.5 Å². The lowest BCUT2D eigenvalue weighted by Crippen LogP contribution is -2.25. The molecule has 5 rings (SSSR count). The molecular weight excluding hydrogens is 472 g/mol. The van der Waals surface area contributed by atoms with Gasteiger partial charge in [-0.05, 0) is 30.2 Å². The van der Waals surface area contributed by atoms with Crippen LogP contribution in [0.25, 0.3) is 0 Å². The number of hydrogen-bond acceptors (Lipinski definition) is 6. The second-order valence-electron chi connectivity index (χ2n) is 8.68. The number of nitrogens with one attached hydrogen (secondary N) is 1. The number of para-hydroxylation sites is 2. The van der Waals surface area contributed by atoms with Gasteiger partial charge in [0.15, 0.2) is 5.17 Å². The van der Waals surface area contributed by atoms with E-state index >= 15 is 0 Å². The number of hydrazone groups is 1. The molecule has 2 heterocycles. The molecule has 36 heavy (non-hydrogen) atoms. The van der Waals surface area contributed by atoms with Crippen LogP contribution in [0.15, 0.2) is 89.0 Å². The largest absolute Gasteiger partial charge is 0.495 e. The Balaban J connectivity index is 1.34. The molecule has 0 aliphatic carbocycles. The number of methoxy groups -OCH3 is 1. The minimum absolute atomic E-state index is 0.00679. The number of aryl methyl sites for hydroxylation is 1. The maximum atomic E-state index is 12.8. The number of aliphatic imine (C=N–C) groups is 1. The van der Waals surface area contributed by atoms with Gasteiger partial charge in [0.2, 0.25) is 5.91 Å². The third-order valence-corrected chi connectivity index (χ3v) is 7.30. The van der Waals surface area contributed by atoms with Crippen molar-refractivity contribution in [1.82, 2.24) is 5.01 Å². The highest BCUT2D eigenvalue weighted by Crippen LogP contribution is 2.38. The van der Waals surface area contributed by atoms with Crippen molar-refractivity contribution in [2.45, 2.75) is 31.1 Å². The predicted octanol–water partition coefficient (Wildman–Crippen LogP) is 5.18. The molecule has 0 unspecified atom stereocenters. The monoisotopic (exact) mass is 498 g/mol. The molecule has 0 aromatic heterocycles. The molecule has 3 aromatic carbocycles. The van der Waals surface area contributed by atoms with Gasteiger partial charge in [-0.2, -0.15) is 10.1 Å². The van der Waals surface area contributed by atoms with E-state index in [2.05, 4.69) is 41.5 Å². The van der Waals surface area contributed by atoms with Crippen LogP contribution in [0.1, 0.15) is 35.6 Å². The van der Waals surface area contributed by atoms with Crippen LogP contribution in [0.4, 0.5) is 5.69 Å². The van der Waals surface area contributed by atoms with E-state index in [-0.39, 0.29) is 24.3 Å².